The van der Waals surface area contributed by atoms with Crippen molar-refractivity contribution in [2.75, 3.05) is 0 Å². The second kappa shape index (κ2) is 27.4. The molecular weight excluding hydrogens is 390 g/mol. The highest BCUT2D eigenvalue weighted by atomic mass is 15.1. The first kappa shape index (κ1) is 35.0. The maximum absolute atomic E-state index is 2.29. The molecule has 0 aliphatic heterocycles. The number of rotatable bonds is 13. The molecule has 3 heteroatoms. The van der Waals surface area contributed by atoms with Crippen molar-refractivity contribution in [1.82, 2.24) is 4.57 Å². The van der Waals surface area contributed by atoms with Gasteiger partial charge < -0.3 is 14.9 Å². The third kappa shape index (κ3) is 21.6. The van der Waals surface area contributed by atoms with Crippen molar-refractivity contribution in [1.29, 1.82) is 0 Å². The van der Waals surface area contributed by atoms with Crippen LogP contribution in [0.3, 0.4) is 0 Å². The van der Waals surface area contributed by atoms with Crippen LogP contribution in [-0.2, 0) is 19.6 Å². The average Bonchev–Trinajstić information content (AvgIpc) is 3.23. The fraction of sp³-hybridized carbons (Fsp3) is 0.655. The summed E-state index contributed by atoms with van der Waals surface area (Å²) < 4.78 is 6.76. The van der Waals surface area contributed by atoms with Crippen molar-refractivity contribution in [3.05, 3.63) is 64.2 Å². The van der Waals surface area contributed by atoms with Crippen LogP contribution < -0.4 is 9.13 Å². The van der Waals surface area contributed by atoms with Gasteiger partial charge >= 0.3 is 0 Å². The third-order valence-corrected chi connectivity index (χ3v) is 4.93. The molecule has 0 bridgehead atoms. The smallest absolute Gasteiger partial charge is 0.243 e. The maximum Gasteiger partial charge on any atom is 0.243 e. The molecule has 0 aromatic carbocycles. The molecule has 0 unspecified atom stereocenters. The predicted octanol–water partition coefficient (Wildman–Crippen LogP) is 8.03. The molecule has 0 amide bonds. The molecule has 32 heavy (non-hydrogen) atoms. The molecule has 0 atom stereocenters. The van der Waals surface area contributed by atoms with Crippen molar-refractivity contribution < 1.29 is 9.13 Å². The minimum Gasteiger partial charge on any atom is -0.358 e. The number of unbranched alkanes of at least 4 members (excludes halogenated alkanes) is 8. The molecule has 0 radical (unpaired) electrons. The summed E-state index contributed by atoms with van der Waals surface area (Å²) in [6, 6.07) is 6.24. The van der Waals surface area contributed by atoms with Crippen LogP contribution >= 0.6 is 0 Å². The summed E-state index contributed by atoms with van der Waals surface area (Å²) >= 11 is 0. The fourth-order valence-electron chi connectivity index (χ4n) is 3.14. The van der Waals surface area contributed by atoms with Crippen LogP contribution in [0.25, 0.3) is 0 Å². The Morgan fingerprint density at radius 1 is 0.562 bits per heavy atom. The Hall–Kier alpha value is -1.64. The molecule has 3 nitrogen and oxygen atoms in total. The zero-order chi connectivity index (χ0) is 22.3. The quantitative estimate of drug-likeness (QED) is 0.167. The van der Waals surface area contributed by atoms with Gasteiger partial charge in [0.1, 0.15) is 18.9 Å². The largest absolute Gasteiger partial charge is 0.358 e. The average molecular weight is 448 g/mol. The fourth-order valence-corrected chi connectivity index (χ4v) is 3.14. The minimum absolute atomic E-state index is 0. The summed E-state index contributed by atoms with van der Waals surface area (Å²) in [6.45, 7) is 14.4. The van der Waals surface area contributed by atoms with E-state index in [1.54, 1.807) is 0 Å². The molecule has 2 aromatic rings. The van der Waals surface area contributed by atoms with E-state index in [1.165, 1.54) is 83.7 Å². The van der Waals surface area contributed by atoms with Crippen molar-refractivity contribution in [2.45, 2.75) is 125 Å². The SMILES string of the molecule is CCC.CCCCCCC[n+]1ccccc1.CCCCCCC[n+]1ccn(CC)c1.[CH3-].[CH3-]. The van der Waals surface area contributed by atoms with Crippen molar-refractivity contribution in [2.24, 2.45) is 0 Å². The van der Waals surface area contributed by atoms with Crippen molar-refractivity contribution in [3.63, 3.8) is 0 Å². The number of hydrogen-bond donors (Lipinski definition) is 0. The zero-order valence-corrected chi connectivity index (χ0v) is 22.9. The Balaban J connectivity index is -0.000000444. The molecule has 0 saturated heterocycles. The minimum atomic E-state index is 0. The molecule has 188 valence electrons. The van der Waals surface area contributed by atoms with Gasteiger partial charge in [0, 0.05) is 18.6 Å². The molecule has 0 spiro atoms. The van der Waals surface area contributed by atoms with Gasteiger partial charge in [0.05, 0.1) is 13.1 Å². The van der Waals surface area contributed by atoms with E-state index in [4.69, 9.17) is 0 Å². The number of pyridine rings is 1. The van der Waals surface area contributed by atoms with E-state index >= 15 is 0 Å². The zero-order valence-electron chi connectivity index (χ0n) is 22.9. The van der Waals surface area contributed by atoms with Crippen LogP contribution in [0.15, 0.2) is 49.3 Å². The van der Waals surface area contributed by atoms with Gasteiger partial charge in [0.2, 0.25) is 6.33 Å². The lowest BCUT2D eigenvalue weighted by Gasteiger charge is -1.97. The summed E-state index contributed by atoms with van der Waals surface area (Å²) in [5.41, 5.74) is 0. The van der Waals surface area contributed by atoms with Gasteiger partial charge in [-0.05, 0) is 26.2 Å². The first-order valence-electron chi connectivity index (χ1n) is 12.7. The molecule has 0 fully saturated rings. The molecule has 0 aliphatic rings. The summed E-state index contributed by atoms with van der Waals surface area (Å²) in [5.74, 6) is 0. The Kier molecular flexibility index (Phi) is 29.9. The van der Waals surface area contributed by atoms with E-state index in [-0.39, 0.29) is 14.9 Å². The summed E-state index contributed by atoms with van der Waals surface area (Å²) in [5, 5.41) is 0. The Morgan fingerprint density at radius 3 is 1.47 bits per heavy atom. The molecule has 0 saturated carbocycles. The second-order valence-electron chi connectivity index (χ2n) is 8.13. The van der Waals surface area contributed by atoms with Crippen molar-refractivity contribution >= 4 is 0 Å². The first-order valence-corrected chi connectivity index (χ1v) is 12.7. The molecule has 2 aromatic heterocycles. The highest BCUT2D eigenvalue weighted by Crippen LogP contribution is 2.02. The highest BCUT2D eigenvalue weighted by molar-refractivity contribution is 4.83. The van der Waals surface area contributed by atoms with Crippen LogP contribution in [0, 0.1) is 14.9 Å². The highest BCUT2D eigenvalue weighted by Gasteiger charge is 2.00. The number of hydrogen-bond acceptors (Lipinski definition) is 0. The lowest BCUT2D eigenvalue weighted by atomic mass is 10.1. The van der Waals surface area contributed by atoms with Crippen LogP contribution in [0.5, 0.6) is 0 Å². The van der Waals surface area contributed by atoms with Crippen LogP contribution in [0.1, 0.15) is 105 Å². The predicted molar refractivity (Wildman–Crippen MR) is 143 cm³/mol. The summed E-state index contributed by atoms with van der Waals surface area (Å²) in [4.78, 5) is 0. The van der Waals surface area contributed by atoms with E-state index in [0.29, 0.717) is 0 Å². The van der Waals surface area contributed by atoms with E-state index in [0.717, 1.165) is 6.54 Å². The Labute approximate surface area is 202 Å². The number of aryl methyl sites for hydroxylation is 3. The normalized spacial score (nSPS) is 9.41. The Bertz CT molecular complexity index is 563. The standard InChI is InChI=1S/C12H23N2.C12H20N.C3H8.2CH3/c1-3-5-6-7-8-9-14-11-10-13(4-2)12-14;1-2-3-4-5-7-10-13-11-8-6-9-12-13;1-3-2;;/h10-12H,3-9H2,1-2H3;6,8-9,11-12H,2-5,7,10H2,1H3;3H2,1-2H3;2*1H3/q2*+1;;2*-1. The number of nitrogens with zero attached hydrogens (tertiary/aromatic N) is 3. The van der Waals surface area contributed by atoms with E-state index in [2.05, 4.69) is 97.6 Å². The third-order valence-electron chi connectivity index (χ3n) is 4.93. The van der Waals surface area contributed by atoms with E-state index in [9.17, 15) is 0 Å². The summed E-state index contributed by atoms with van der Waals surface area (Å²) in [7, 11) is 0. The van der Waals surface area contributed by atoms with Gasteiger partial charge in [-0.15, -0.1) is 0 Å². The first-order chi connectivity index (χ1) is 14.7. The van der Waals surface area contributed by atoms with Gasteiger partial charge in [-0.2, -0.15) is 0 Å². The molecule has 0 aliphatic carbocycles. The topological polar surface area (TPSA) is 12.7 Å². The van der Waals surface area contributed by atoms with Gasteiger partial charge in [-0.1, -0.05) is 78.7 Å². The van der Waals surface area contributed by atoms with Crippen LogP contribution in [0.4, 0.5) is 0 Å². The Morgan fingerprint density at radius 2 is 1.03 bits per heavy atom. The monoisotopic (exact) mass is 447 g/mol. The van der Waals surface area contributed by atoms with Gasteiger partial charge in [0.15, 0.2) is 12.4 Å². The number of imidazole rings is 1. The summed E-state index contributed by atoms with van der Waals surface area (Å²) in [6.07, 6.45) is 25.6. The maximum atomic E-state index is 2.29. The van der Waals surface area contributed by atoms with E-state index < -0.39 is 0 Å². The van der Waals surface area contributed by atoms with Crippen molar-refractivity contribution in [3.8, 4) is 0 Å². The molecular formula is C29H57N3. The van der Waals surface area contributed by atoms with Gasteiger partial charge in [0.25, 0.3) is 0 Å². The number of aromatic nitrogens is 3. The second-order valence-corrected chi connectivity index (χ2v) is 8.13. The lowest BCUT2D eigenvalue weighted by molar-refractivity contribution is -0.697. The van der Waals surface area contributed by atoms with Crippen LogP contribution in [0.2, 0.25) is 0 Å². The lowest BCUT2D eigenvalue weighted by Crippen LogP contribution is -2.32. The van der Waals surface area contributed by atoms with Gasteiger partial charge in [-0.3, -0.25) is 0 Å². The van der Waals surface area contributed by atoms with Crippen LogP contribution in [-0.4, -0.2) is 4.57 Å². The molecule has 2 rings (SSSR count). The molecule has 2 heterocycles. The van der Waals surface area contributed by atoms with Gasteiger partial charge in [-0.25, -0.2) is 13.7 Å². The van der Waals surface area contributed by atoms with E-state index in [1.807, 2.05) is 0 Å². The molecule has 0 N–H and O–H groups in total.